The molecule has 0 bridgehead atoms. The Labute approximate surface area is 47.9 Å². The molecule has 4 heteroatoms. The second kappa shape index (κ2) is 3.80. The summed E-state index contributed by atoms with van der Waals surface area (Å²) in [6.45, 7) is 1.49. The average Bonchev–Trinajstić information content (AvgIpc) is 1.61. The second-order valence-electron chi connectivity index (χ2n) is 1.52. The Morgan fingerprint density at radius 2 is 2.12 bits per heavy atom. The van der Waals surface area contributed by atoms with Crippen molar-refractivity contribution in [1.29, 1.82) is 0 Å². The number of hydrogen-bond acceptors (Lipinski definition) is 4. The molecule has 0 aliphatic carbocycles. The molecule has 0 heterocycles. The number of rotatable bonds is 3. The van der Waals surface area contributed by atoms with Crippen LogP contribution in [0.2, 0.25) is 0 Å². The molecule has 0 saturated heterocycles. The largest absolute Gasteiger partial charge is 0.366 e. The summed E-state index contributed by atoms with van der Waals surface area (Å²) in [7, 11) is 0. The third kappa shape index (κ3) is 5.84. The molecule has 0 saturated carbocycles. The average molecular weight is 121 g/mol. The van der Waals surface area contributed by atoms with Crippen molar-refractivity contribution in [2.45, 2.75) is 19.4 Å². The van der Waals surface area contributed by atoms with Crippen molar-refractivity contribution in [3.05, 3.63) is 0 Å². The number of aliphatic hydroxyl groups excluding tert-OH is 1. The Morgan fingerprint density at radius 3 is 2.25 bits per heavy atom. The first-order chi connectivity index (χ1) is 3.63. The summed E-state index contributed by atoms with van der Waals surface area (Å²) in [6.07, 6.45) is -1.85. The highest BCUT2D eigenvalue weighted by Gasteiger charge is 1.97. The van der Waals surface area contributed by atoms with Gasteiger partial charge in [-0.15, -0.1) is 0 Å². The van der Waals surface area contributed by atoms with E-state index < -0.39 is 12.5 Å². The highest BCUT2D eigenvalue weighted by atomic mass is 16.6. The molecule has 0 amide bonds. The number of aliphatic hydroxyl groups is 2. The summed E-state index contributed by atoms with van der Waals surface area (Å²) in [4.78, 5) is 0. The molecule has 0 fully saturated rings. The van der Waals surface area contributed by atoms with Gasteiger partial charge in [0.1, 0.15) is 6.23 Å². The van der Waals surface area contributed by atoms with Crippen LogP contribution in [0.1, 0.15) is 6.92 Å². The first-order valence-electron chi connectivity index (χ1n) is 2.36. The highest BCUT2D eigenvalue weighted by Crippen LogP contribution is 1.81. The lowest BCUT2D eigenvalue weighted by molar-refractivity contribution is -0.108. The van der Waals surface area contributed by atoms with Crippen LogP contribution in [0.3, 0.4) is 0 Å². The number of hydrogen-bond donors (Lipinski definition) is 3. The van der Waals surface area contributed by atoms with Gasteiger partial charge in [0.05, 0.1) is 6.61 Å². The standard InChI is InChI=1S/C4H11NO3/c1-3(5)8-2-4(6)7/h3-4,6-7H,2,5H2,1H3. The summed E-state index contributed by atoms with van der Waals surface area (Å²) >= 11 is 0. The highest BCUT2D eigenvalue weighted by molar-refractivity contribution is 4.35. The van der Waals surface area contributed by atoms with Gasteiger partial charge in [0.2, 0.25) is 0 Å². The topological polar surface area (TPSA) is 75.7 Å². The van der Waals surface area contributed by atoms with Crippen molar-refractivity contribution in [1.82, 2.24) is 0 Å². The van der Waals surface area contributed by atoms with Crippen molar-refractivity contribution < 1.29 is 14.9 Å². The fraction of sp³-hybridized carbons (Fsp3) is 1.00. The SMILES string of the molecule is CC(N)OCC(O)O. The Bertz CT molecular complexity index is 47.2. The van der Waals surface area contributed by atoms with Gasteiger partial charge in [0, 0.05) is 0 Å². The molecule has 4 N–H and O–H groups in total. The molecule has 0 radical (unpaired) electrons. The van der Waals surface area contributed by atoms with E-state index in [2.05, 4.69) is 4.74 Å². The molecule has 0 aliphatic rings. The molecule has 8 heavy (non-hydrogen) atoms. The van der Waals surface area contributed by atoms with Gasteiger partial charge in [-0.2, -0.15) is 0 Å². The maximum atomic E-state index is 8.18. The smallest absolute Gasteiger partial charge is 0.175 e. The van der Waals surface area contributed by atoms with E-state index in [4.69, 9.17) is 15.9 Å². The van der Waals surface area contributed by atoms with E-state index in [-0.39, 0.29) is 6.61 Å². The monoisotopic (exact) mass is 121 g/mol. The number of nitrogens with two attached hydrogens (primary N) is 1. The Kier molecular flexibility index (Phi) is 3.72. The maximum Gasteiger partial charge on any atom is 0.175 e. The van der Waals surface area contributed by atoms with E-state index in [1.165, 1.54) is 0 Å². The molecule has 1 unspecified atom stereocenters. The van der Waals surface area contributed by atoms with E-state index in [0.29, 0.717) is 0 Å². The van der Waals surface area contributed by atoms with E-state index >= 15 is 0 Å². The lowest BCUT2D eigenvalue weighted by Gasteiger charge is -2.07. The van der Waals surface area contributed by atoms with E-state index in [0.717, 1.165) is 0 Å². The first-order valence-corrected chi connectivity index (χ1v) is 2.36. The van der Waals surface area contributed by atoms with Crippen LogP contribution >= 0.6 is 0 Å². The molecule has 0 aliphatic heterocycles. The minimum absolute atomic E-state index is 0.127. The van der Waals surface area contributed by atoms with E-state index in [9.17, 15) is 0 Å². The zero-order valence-corrected chi connectivity index (χ0v) is 4.74. The molecule has 0 rings (SSSR count). The van der Waals surface area contributed by atoms with Gasteiger partial charge in [-0.1, -0.05) is 0 Å². The summed E-state index contributed by atoms with van der Waals surface area (Å²) in [5, 5.41) is 16.4. The Balaban J connectivity index is 2.93. The molecule has 0 aromatic rings. The molecule has 1 atom stereocenters. The molecule has 4 nitrogen and oxygen atoms in total. The maximum absolute atomic E-state index is 8.18. The zero-order chi connectivity index (χ0) is 6.57. The molecule has 0 aromatic carbocycles. The van der Waals surface area contributed by atoms with Gasteiger partial charge in [-0.3, -0.25) is 0 Å². The van der Waals surface area contributed by atoms with Gasteiger partial charge in [0.15, 0.2) is 6.29 Å². The van der Waals surface area contributed by atoms with Crippen molar-refractivity contribution >= 4 is 0 Å². The van der Waals surface area contributed by atoms with Crippen molar-refractivity contribution in [2.24, 2.45) is 5.73 Å². The van der Waals surface area contributed by atoms with Crippen LogP contribution in [0.25, 0.3) is 0 Å². The van der Waals surface area contributed by atoms with Crippen molar-refractivity contribution in [2.75, 3.05) is 6.61 Å². The van der Waals surface area contributed by atoms with Crippen LogP contribution in [0, 0.1) is 0 Å². The van der Waals surface area contributed by atoms with E-state index in [1.807, 2.05) is 0 Å². The van der Waals surface area contributed by atoms with Crippen LogP contribution in [-0.4, -0.2) is 29.3 Å². The summed E-state index contributed by atoms with van der Waals surface area (Å²) in [5.41, 5.74) is 5.10. The number of ether oxygens (including phenoxy) is 1. The third-order valence-electron chi connectivity index (χ3n) is 0.508. The van der Waals surface area contributed by atoms with Gasteiger partial charge in [-0.25, -0.2) is 0 Å². The second-order valence-corrected chi connectivity index (χ2v) is 1.52. The zero-order valence-electron chi connectivity index (χ0n) is 4.74. The van der Waals surface area contributed by atoms with E-state index in [1.54, 1.807) is 6.92 Å². The Hall–Kier alpha value is -0.160. The van der Waals surface area contributed by atoms with Gasteiger partial charge < -0.3 is 20.7 Å². The molecular weight excluding hydrogens is 110 g/mol. The summed E-state index contributed by atoms with van der Waals surface area (Å²) in [6, 6.07) is 0. The lowest BCUT2D eigenvalue weighted by Crippen LogP contribution is -2.25. The Morgan fingerprint density at radius 1 is 1.62 bits per heavy atom. The summed E-state index contributed by atoms with van der Waals surface area (Å²) < 4.78 is 4.58. The quantitative estimate of drug-likeness (QED) is 0.402. The van der Waals surface area contributed by atoms with Crippen LogP contribution < -0.4 is 5.73 Å². The van der Waals surface area contributed by atoms with Crippen LogP contribution in [-0.2, 0) is 4.74 Å². The predicted octanol–water partition coefficient (Wildman–Crippen LogP) is -1.38. The summed E-state index contributed by atoms with van der Waals surface area (Å²) in [5.74, 6) is 0. The minimum atomic E-state index is -1.42. The lowest BCUT2D eigenvalue weighted by atomic mass is 10.6. The molecule has 50 valence electrons. The molecular formula is C4H11NO3. The predicted molar refractivity (Wildman–Crippen MR) is 27.8 cm³/mol. The molecule has 0 aromatic heterocycles. The fourth-order valence-electron chi connectivity index (χ4n) is 0.238. The van der Waals surface area contributed by atoms with Crippen LogP contribution in [0.4, 0.5) is 0 Å². The minimum Gasteiger partial charge on any atom is -0.366 e. The normalized spacial score (nSPS) is 14.6. The van der Waals surface area contributed by atoms with Crippen molar-refractivity contribution in [3.63, 3.8) is 0 Å². The van der Waals surface area contributed by atoms with Crippen LogP contribution in [0.15, 0.2) is 0 Å². The van der Waals surface area contributed by atoms with Crippen molar-refractivity contribution in [3.8, 4) is 0 Å². The van der Waals surface area contributed by atoms with Gasteiger partial charge in [0.25, 0.3) is 0 Å². The first kappa shape index (κ1) is 7.84. The van der Waals surface area contributed by atoms with Crippen LogP contribution in [0.5, 0.6) is 0 Å². The third-order valence-corrected chi connectivity index (χ3v) is 0.508. The fourth-order valence-corrected chi connectivity index (χ4v) is 0.238. The molecule has 0 spiro atoms. The van der Waals surface area contributed by atoms with Gasteiger partial charge >= 0.3 is 0 Å². The van der Waals surface area contributed by atoms with Gasteiger partial charge in [-0.05, 0) is 6.92 Å².